The number of halogens is 1. The lowest BCUT2D eigenvalue weighted by Gasteiger charge is -2.13. The second-order valence-corrected chi connectivity index (χ2v) is 7.51. The van der Waals surface area contributed by atoms with Crippen LogP contribution in [0.1, 0.15) is 33.6 Å². The molecule has 27 heavy (non-hydrogen) atoms. The second kappa shape index (κ2) is 9.75. The highest BCUT2D eigenvalue weighted by Crippen LogP contribution is 2.20. The summed E-state index contributed by atoms with van der Waals surface area (Å²) in [5.41, 5.74) is 0.313. The SMILES string of the molecule is CCCn1c(SCC(=O)NC(=O)N[C@H](C)CC)nc2cc(Cl)ccc2c1=O. The molecule has 0 bridgehead atoms. The molecule has 0 aliphatic carbocycles. The van der Waals surface area contributed by atoms with Crippen LogP contribution in [0.2, 0.25) is 5.02 Å². The third kappa shape index (κ3) is 5.71. The van der Waals surface area contributed by atoms with Crippen LogP contribution in [-0.2, 0) is 11.3 Å². The fourth-order valence-corrected chi connectivity index (χ4v) is 3.35. The van der Waals surface area contributed by atoms with E-state index in [-0.39, 0.29) is 17.4 Å². The van der Waals surface area contributed by atoms with E-state index in [1.54, 1.807) is 22.8 Å². The molecule has 7 nitrogen and oxygen atoms in total. The van der Waals surface area contributed by atoms with Gasteiger partial charge >= 0.3 is 6.03 Å². The van der Waals surface area contributed by atoms with Crippen molar-refractivity contribution in [1.82, 2.24) is 20.2 Å². The smallest absolute Gasteiger partial charge is 0.321 e. The minimum absolute atomic E-state index is 0.0212. The molecule has 2 aromatic rings. The van der Waals surface area contributed by atoms with Gasteiger partial charge in [0.1, 0.15) is 0 Å². The number of aromatic nitrogens is 2. The summed E-state index contributed by atoms with van der Waals surface area (Å²) in [4.78, 5) is 41.0. The number of carbonyl (C=O) groups excluding carboxylic acids is 2. The van der Waals surface area contributed by atoms with Gasteiger partial charge in [-0.2, -0.15) is 0 Å². The summed E-state index contributed by atoms with van der Waals surface area (Å²) >= 11 is 7.11. The van der Waals surface area contributed by atoms with Crippen molar-refractivity contribution >= 4 is 46.2 Å². The number of thioether (sulfide) groups is 1. The molecule has 2 rings (SSSR count). The van der Waals surface area contributed by atoms with Gasteiger partial charge in [0.15, 0.2) is 5.16 Å². The van der Waals surface area contributed by atoms with Gasteiger partial charge < -0.3 is 5.32 Å². The van der Waals surface area contributed by atoms with E-state index in [1.807, 2.05) is 20.8 Å². The number of amides is 3. The maximum Gasteiger partial charge on any atom is 0.321 e. The number of rotatable bonds is 7. The Bertz CT molecular complexity index is 900. The Morgan fingerprint density at radius 1 is 1.33 bits per heavy atom. The maximum absolute atomic E-state index is 12.7. The van der Waals surface area contributed by atoms with Gasteiger partial charge in [-0.1, -0.05) is 37.2 Å². The van der Waals surface area contributed by atoms with Gasteiger partial charge in [0.2, 0.25) is 5.91 Å². The summed E-state index contributed by atoms with van der Waals surface area (Å²) in [7, 11) is 0. The molecule has 0 unspecified atom stereocenters. The Morgan fingerprint density at radius 3 is 2.74 bits per heavy atom. The van der Waals surface area contributed by atoms with Gasteiger partial charge in [-0.25, -0.2) is 9.78 Å². The van der Waals surface area contributed by atoms with Crippen LogP contribution in [0.5, 0.6) is 0 Å². The van der Waals surface area contributed by atoms with Crippen molar-refractivity contribution in [2.24, 2.45) is 0 Å². The Hall–Kier alpha value is -2.06. The molecule has 0 aliphatic heterocycles. The van der Waals surface area contributed by atoms with Gasteiger partial charge in [-0.3, -0.25) is 19.5 Å². The summed E-state index contributed by atoms with van der Waals surface area (Å²) in [6, 6.07) is 4.38. The molecule has 0 saturated carbocycles. The third-order valence-corrected chi connectivity index (χ3v) is 5.12. The molecule has 1 aromatic carbocycles. The molecule has 3 amide bonds. The lowest BCUT2D eigenvalue weighted by Crippen LogP contribution is -2.44. The third-order valence-electron chi connectivity index (χ3n) is 3.90. The zero-order valence-electron chi connectivity index (χ0n) is 15.5. The van der Waals surface area contributed by atoms with Crippen molar-refractivity contribution in [1.29, 1.82) is 0 Å². The van der Waals surface area contributed by atoms with Gasteiger partial charge in [-0.05, 0) is 38.0 Å². The van der Waals surface area contributed by atoms with Crippen molar-refractivity contribution < 1.29 is 9.59 Å². The molecule has 0 saturated heterocycles. The van der Waals surface area contributed by atoms with Gasteiger partial charge in [-0.15, -0.1) is 0 Å². The molecule has 1 heterocycles. The topological polar surface area (TPSA) is 93.1 Å². The fraction of sp³-hybridized carbons (Fsp3) is 0.444. The van der Waals surface area contributed by atoms with Crippen LogP contribution in [0, 0.1) is 0 Å². The van der Waals surface area contributed by atoms with Crippen LogP contribution in [0.3, 0.4) is 0 Å². The van der Waals surface area contributed by atoms with Crippen LogP contribution < -0.4 is 16.2 Å². The molecular formula is C18H23ClN4O3S. The van der Waals surface area contributed by atoms with E-state index in [4.69, 9.17) is 11.6 Å². The van der Waals surface area contributed by atoms with Crippen LogP contribution in [-0.4, -0.2) is 33.3 Å². The Kier molecular flexibility index (Phi) is 7.67. The zero-order valence-corrected chi connectivity index (χ0v) is 17.1. The van der Waals surface area contributed by atoms with Crippen LogP contribution in [0.25, 0.3) is 10.9 Å². The first kappa shape index (κ1) is 21.2. The number of imide groups is 1. The molecule has 1 aromatic heterocycles. The average molecular weight is 411 g/mol. The van der Waals surface area contributed by atoms with Crippen molar-refractivity contribution in [2.45, 2.75) is 51.4 Å². The van der Waals surface area contributed by atoms with E-state index in [1.165, 1.54) is 0 Å². The molecule has 2 N–H and O–H groups in total. The number of hydrogen-bond donors (Lipinski definition) is 2. The molecular weight excluding hydrogens is 388 g/mol. The number of nitrogens with zero attached hydrogens (tertiary/aromatic N) is 2. The number of benzene rings is 1. The van der Waals surface area contributed by atoms with Gasteiger partial charge in [0.25, 0.3) is 5.56 Å². The lowest BCUT2D eigenvalue weighted by atomic mass is 10.2. The lowest BCUT2D eigenvalue weighted by molar-refractivity contribution is -0.117. The van der Waals surface area contributed by atoms with Crippen molar-refractivity contribution in [3.8, 4) is 0 Å². The van der Waals surface area contributed by atoms with Crippen LogP contribution >= 0.6 is 23.4 Å². The Morgan fingerprint density at radius 2 is 2.07 bits per heavy atom. The van der Waals surface area contributed by atoms with Gasteiger partial charge in [0, 0.05) is 17.6 Å². The summed E-state index contributed by atoms with van der Waals surface area (Å²) in [6.45, 7) is 6.24. The minimum Gasteiger partial charge on any atom is -0.335 e. The summed E-state index contributed by atoms with van der Waals surface area (Å²) in [5, 5.41) is 6.34. The van der Waals surface area contributed by atoms with E-state index in [0.29, 0.717) is 27.6 Å². The molecule has 9 heteroatoms. The number of urea groups is 1. The maximum atomic E-state index is 12.7. The second-order valence-electron chi connectivity index (χ2n) is 6.13. The van der Waals surface area contributed by atoms with Crippen molar-refractivity contribution in [3.05, 3.63) is 33.6 Å². The molecule has 0 aliphatic rings. The molecule has 146 valence electrons. The summed E-state index contributed by atoms with van der Waals surface area (Å²) in [5.74, 6) is -0.486. The summed E-state index contributed by atoms with van der Waals surface area (Å²) < 4.78 is 1.55. The first-order valence-electron chi connectivity index (χ1n) is 8.78. The minimum atomic E-state index is -0.529. The monoisotopic (exact) mass is 410 g/mol. The normalized spacial score (nSPS) is 12.0. The standard InChI is InChI=1S/C18H23ClN4O3S/c1-4-8-23-16(25)13-7-6-12(19)9-14(13)21-18(23)27-10-15(24)22-17(26)20-11(3)5-2/h6-7,9,11H,4-5,8,10H2,1-3H3,(H2,20,22,24,26)/t11-/m1/s1. The predicted molar refractivity (Wildman–Crippen MR) is 108 cm³/mol. The molecule has 0 fully saturated rings. The van der Waals surface area contributed by atoms with E-state index in [2.05, 4.69) is 15.6 Å². The highest BCUT2D eigenvalue weighted by atomic mass is 35.5. The van der Waals surface area contributed by atoms with Crippen molar-refractivity contribution in [3.63, 3.8) is 0 Å². The quantitative estimate of drug-likeness (QED) is 0.540. The largest absolute Gasteiger partial charge is 0.335 e. The van der Waals surface area contributed by atoms with E-state index >= 15 is 0 Å². The number of hydrogen-bond acceptors (Lipinski definition) is 5. The zero-order chi connectivity index (χ0) is 20.0. The van der Waals surface area contributed by atoms with E-state index < -0.39 is 11.9 Å². The average Bonchev–Trinajstić information content (AvgIpc) is 2.62. The predicted octanol–water partition coefficient (Wildman–Crippen LogP) is 3.18. The highest BCUT2D eigenvalue weighted by molar-refractivity contribution is 7.99. The van der Waals surface area contributed by atoms with Gasteiger partial charge in [0.05, 0.1) is 16.7 Å². The fourth-order valence-electron chi connectivity index (χ4n) is 2.36. The molecule has 0 radical (unpaired) electrons. The van der Waals surface area contributed by atoms with Crippen LogP contribution in [0.4, 0.5) is 4.79 Å². The summed E-state index contributed by atoms with van der Waals surface area (Å²) in [6.07, 6.45) is 1.51. The molecule has 1 atom stereocenters. The Labute approximate surface area is 166 Å². The first-order chi connectivity index (χ1) is 12.8. The molecule has 0 spiro atoms. The number of fused-ring (bicyclic) bond motifs is 1. The number of nitrogens with one attached hydrogen (secondary N) is 2. The Balaban J connectivity index is 2.17. The van der Waals surface area contributed by atoms with E-state index in [9.17, 15) is 14.4 Å². The van der Waals surface area contributed by atoms with Crippen molar-refractivity contribution in [2.75, 3.05) is 5.75 Å². The van der Waals surface area contributed by atoms with Crippen LogP contribution in [0.15, 0.2) is 28.2 Å². The highest BCUT2D eigenvalue weighted by Gasteiger charge is 2.15. The van der Waals surface area contributed by atoms with E-state index in [0.717, 1.165) is 24.6 Å². The first-order valence-corrected chi connectivity index (χ1v) is 10.1. The number of carbonyl (C=O) groups is 2.